The highest BCUT2D eigenvalue weighted by Gasteiger charge is 2.47. The highest BCUT2D eigenvalue weighted by molar-refractivity contribution is 6.08. The molecule has 0 radical (unpaired) electrons. The lowest BCUT2D eigenvalue weighted by atomic mass is 9.83. The molecule has 2 aliphatic rings. The van der Waals surface area contributed by atoms with Gasteiger partial charge in [-0.25, -0.2) is 0 Å². The molecule has 1 aromatic carbocycles. The molecule has 2 N–H and O–H groups in total. The lowest BCUT2D eigenvalue weighted by Crippen LogP contribution is -2.62. The molecule has 24 heavy (non-hydrogen) atoms. The number of carbonyl (C=O) groups excluding carboxylic acids is 2. The van der Waals surface area contributed by atoms with E-state index < -0.39 is 5.54 Å². The van der Waals surface area contributed by atoms with Crippen LogP contribution in [0.2, 0.25) is 0 Å². The molecule has 1 spiro atoms. The van der Waals surface area contributed by atoms with Crippen molar-refractivity contribution < 1.29 is 14.7 Å². The summed E-state index contributed by atoms with van der Waals surface area (Å²) in [6.45, 7) is 3.72. The molecule has 1 aromatic rings. The second kappa shape index (κ2) is 6.81. The van der Waals surface area contributed by atoms with Gasteiger partial charge in [-0.15, -0.1) is 0 Å². The number of para-hydroxylation sites is 2. The summed E-state index contributed by atoms with van der Waals surface area (Å²) in [6.07, 6.45) is 2.24. The van der Waals surface area contributed by atoms with Crippen molar-refractivity contribution in [1.82, 2.24) is 4.90 Å². The Morgan fingerprint density at radius 1 is 1.29 bits per heavy atom. The fourth-order valence-corrected chi connectivity index (χ4v) is 3.67. The number of piperidine rings is 1. The second-order valence-electron chi connectivity index (χ2n) is 6.54. The summed E-state index contributed by atoms with van der Waals surface area (Å²) in [5.74, 6) is 0.0683. The number of aliphatic hydroxyl groups excluding tert-OH is 1. The van der Waals surface area contributed by atoms with Crippen LogP contribution >= 0.6 is 0 Å². The van der Waals surface area contributed by atoms with Crippen LogP contribution in [0.4, 0.5) is 11.4 Å². The van der Waals surface area contributed by atoms with Crippen LogP contribution in [0.3, 0.4) is 0 Å². The van der Waals surface area contributed by atoms with E-state index in [1.807, 2.05) is 29.2 Å². The Bertz CT molecular complexity index is 624. The third-order valence-corrected chi connectivity index (χ3v) is 4.97. The Labute approximate surface area is 142 Å². The average Bonchev–Trinajstić information content (AvgIpc) is 2.60. The SMILES string of the molecule is CCCN1C(=O)C2(CCN(C(=O)CCO)CC2)Nc2ccccc21. The van der Waals surface area contributed by atoms with E-state index in [0.29, 0.717) is 32.5 Å². The summed E-state index contributed by atoms with van der Waals surface area (Å²) in [7, 11) is 0. The van der Waals surface area contributed by atoms with E-state index in [-0.39, 0.29) is 24.8 Å². The van der Waals surface area contributed by atoms with Crippen LogP contribution in [0.5, 0.6) is 0 Å². The molecule has 0 atom stereocenters. The van der Waals surface area contributed by atoms with Gasteiger partial charge in [0.25, 0.3) is 5.91 Å². The third kappa shape index (κ3) is 2.86. The van der Waals surface area contributed by atoms with Crippen LogP contribution in [-0.4, -0.2) is 53.6 Å². The summed E-state index contributed by atoms with van der Waals surface area (Å²) in [5, 5.41) is 12.4. The van der Waals surface area contributed by atoms with E-state index in [1.165, 1.54) is 0 Å². The lowest BCUT2D eigenvalue weighted by Gasteiger charge is -2.47. The van der Waals surface area contributed by atoms with Crippen molar-refractivity contribution in [3.63, 3.8) is 0 Å². The normalized spacial score (nSPS) is 19.2. The highest BCUT2D eigenvalue weighted by atomic mass is 16.3. The van der Waals surface area contributed by atoms with Gasteiger partial charge in [0.1, 0.15) is 5.54 Å². The first kappa shape index (κ1) is 16.8. The zero-order valence-corrected chi connectivity index (χ0v) is 14.1. The number of aliphatic hydroxyl groups is 1. The van der Waals surface area contributed by atoms with Crippen LogP contribution in [0.15, 0.2) is 24.3 Å². The van der Waals surface area contributed by atoms with Gasteiger partial charge in [0.2, 0.25) is 5.91 Å². The maximum atomic E-state index is 13.2. The van der Waals surface area contributed by atoms with E-state index in [9.17, 15) is 9.59 Å². The summed E-state index contributed by atoms with van der Waals surface area (Å²) >= 11 is 0. The summed E-state index contributed by atoms with van der Waals surface area (Å²) in [5.41, 5.74) is 1.30. The average molecular weight is 331 g/mol. The van der Waals surface area contributed by atoms with Crippen LogP contribution in [0, 0.1) is 0 Å². The highest BCUT2D eigenvalue weighted by Crippen LogP contribution is 2.39. The van der Waals surface area contributed by atoms with Gasteiger partial charge in [-0.2, -0.15) is 0 Å². The molecule has 0 aromatic heterocycles. The topological polar surface area (TPSA) is 72.9 Å². The molecule has 2 heterocycles. The molecule has 0 saturated carbocycles. The lowest BCUT2D eigenvalue weighted by molar-refractivity contribution is -0.135. The molecule has 6 nitrogen and oxygen atoms in total. The third-order valence-electron chi connectivity index (χ3n) is 4.97. The predicted molar refractivity (Wildman–Crippen MR) is 93.0 cm³/mol. The Morgan fingerprint density at radius 2 is 2.00 bits per heavy atom. The smallest absolute Gasteiger partial charge is 0.252 e. The summed E-state index contributed by atoms with van der Waals surface area (Å²) < 4.78 is 0. The summed E-state index contributed by atoms with van der Waals surface area (Å²) in [4.78, 5) is 28.8. The van der Waals surface area contributed by atoms with E-state index in [0.717, 1.165) is 17.8 Å². The second-order valence-corrected chi connectivity index (χ2v) is 6.54. The number of amides is 2. The molecule has 0 bridgehead atoms. The maximum absolute atomic E-state index is 13.2. The standard InChI is InChI=1S/C18H25N3O3/c1-2-10-21-15-6-4-3-5-14(15)19-18(17(21)24)8-11-20(12-9-18)16(23)7-13-22/h3-6,19,22H,2,7-13H2,1H3. The fourth-order valence-electron chi connectivity index (χ4n) is 3.67. The van der Waals surface area contributed by atoms with E-state index in [4.69, 9.17) is 5.11 Å². The quantitative estimate of drug-likeness (QED) is 0.879. The van der Waals surface area contributed by atoms with E-state index >= 15 is 0 Å². The number of nitrogens with zero attached hydrogens (tertiary/aromatic N) is 2. The van der Waals surface area contributed by atoms with Gasteiger partial charge < -0.3 is 20.2 Å². The first-order chi connectivity index (χ1) is 11.6. The van der Waals surface area contributed by atoms with Crippen LogP contribution in [-0.2, 0) is 9.59 Å². The number of hydrogen-bond acceptors (Lipinski definition) is 4. The van der Waals surface area contributed by atoms with Crippen molar-refractivity contribution in [3.05, 3.63) is 24.3 Å². The van der Waals surface area contributed by atoms with Crippen LogP contribution < -0.4 is 10.2 Å². The van der Waals surface area contributed by atoms with Gasteiger partial charge in [0.05, 0.1) is 18.0 Å². The minimum Gasteiger partial charge on any atom is -0.396 e. The fraction of sp³-hybridized carbons (Fsp3) is 0.556. The number of hydrogen-bond donors (Lipinski definition) is 2. The first-order valence-corrected chi connectivity index (χ1v) is 8.69. The minimum atomic E-state index is -0.625. The molecule has 130 valence electrons. The van der Waals surface area contributed by atoms with Crippen molar-refractivity contribution >= 4 is 23.2 Å². The number of likely N-dealkylation sites (tertiary alicyclic amines) is 1. The molecule has 3 rings (SSSR count). The number of rotatable bonds is 4. The van der Waals surface area contributed by atoms with Gasteiger partial charge in [-0.05, 0) is 31.4 Å². The van der Waals surface area contributed by atoms with E-state index in [1.54, 1.807) is 4.90 Å². The molecule has 2 amide bonds. The van der Waals surface area contributed by atoms with Crippen molar-refractivity contribution in [2.75, 3.05) is 36.5 Å². The molecule has 0 unspecified atom stereocenters. The zero-order valence-electron chi connectivity index (χ0n) is 14.1. The molecular formula is C18H25N3O3. The molecule has 1 saturated heterocycles. The monoisotopic (exact) mass is 331 g/mol. The van der Waals surface area contributed by atoms with Gasteiger partial charge in [0.15, 0.2) is 0 Å². The van der Waals surface area contributed by atoms with Gasteiger partial charge in [0, 0.05) is 26.1 Å². The molecule has 0 aliphatic carbocycles. The Morgan fingerprint density at radius 3 is 2.67 bits per heavy atom. The number of anilines is 2. The Hall–Kier alpha value is -2.08. The Balaban J connectivity index is 1.82. The van der Waals surface area contributed by atoms with Gasteiger partial charge >= 0.3 is 0 Å². The number of fused-ring (bicyclic) bond motifs is 1. The van der Waals surface area contributed by atoms with Crippen LogP contribution in [0.1, 0.15) is 32.6 Å². The molecule has 6 heteroatoms. The number of benzene rings is 1. The minimum absolute atomic E-state index is 0.0403. The molecular weight excluding hydrogens is 306 g/mol. The number of nitrogens with one attached hydrogen (secondary N) is 1. The predicted octanol–water partition coefficient (Wildman–Crippen LogP) is 1.60. The largest absolute Gasteiger partial charge is 0.396 e. The van der Waals surface area contributed by atoms with Crippen molar-refractivity contribution in [2.24, 2.45) is 0 Å². The van der Waals surface area contributed by atoms with Gasteiger partial charge in [-0.3, -0.25) is 9.59 Å². The van der Waals surface area contributed by atoms with Crippen molar-refractivity contribution in [3.8, 4) is 0 Å². The maximum Gasteiger partial charge on any atom is 0.252 e. The van der Waals surface area contributed by atoms with E-state index in [2.05, 4.69) is 12.2 Å². The zero-order chi connectivity index (χ0) is 17.2. The molecule has 2 aliphatic heterocycles. The van der Waals surface area contributed by atoms with Crippen molar-refractivity contribution in [2.45, 2.75) is 38.1 Å². The van der Waals surface area contributed by atoms with Crippen molar-refractivity contribution in [1.29, 1.82) is 0 Å². The summed E-state index contributed by atoms with van der Waals surface area (Å²) in [6, 6.07) is 7.90. The van der Waals surface area contributed by atoms with Crippen LogP contribution in [0.25, 0.3) is 0 Å². The first-order valence-electron chi connectivity index (χ1n) is 8.69. The van der Waals surface area contributed by atoms with Gasteiger partial charge in [-0.1, -0.05) is 19.1 Å². The Kier molecular flexibility index (Phi) is 4.76. The number of carbonyl (C=O) groups is 2. The molecule has 1 fully saturated rings.